The maximum absolute atomic E-state index is 13.5. The summed E-state index contributed by atoms with van der Waals surface area (Å²) in [5.74, 6) is -1.60. The fraction of sp³-hybridized carbons (Fsp3) is 0.286. The van der Waals surface area contributed by atoms with E-state index in [4.69, 9.17) is 25.1 Å². The van der Waals surface area contributed by atoms with Crippen LogP contribution in [0.2, 0.25) is 0 Å². The zero-order valence-electron chi connectivity index (χ0n) is 22.3. The van der Waals surface area contributed by atoms with E-state index in [0.717, 1.165) is 34.3 Å². The number of hydrogen-bond acceptors (Lipinski definition) is 9. The number of carbonyl (C=O) groups is 2. The number of nitrogens with two attached hydrogens (primary N) is 1. The van der Waals surface area contributed by atoms with Crippen LogP contribution in [-0.4, -0.2) is 53.4 Å². The van der Waals surface area contributed by atoms with Gasteiger partial charge < -0.3 is 25.1 Å². The molecule has 15 heteroatoms. The number of nitrogens with zero attached hydrogens (tertiary/aromatic N) is 2. The molecule has 4 aromatic rings. The molecule has 43 heavy (non-hydrogen) atoms. The SMILES string of the molecule is C1CCOC1.NC(=O)c1nc2c(s1)CCOc1cc(F)c(Br)cc1-2.O=C(O)c1nc2c(s1)CCOc1cc(F)c(Br)cc1-2. The third-order valence-corrected chi connectivity index (χ3v) is 9.79. The lowest BCUT2D eigenvalue weighted by molar-refractivity contribution is 0.0696. The van der Waals surface area contributed by atoms with E-state index in [1.807, 2.05) is 0 Å². The molecule has 0 radical (unpaired) electrons. The summed E-state index contributed by atoms with van der Waals surface area (Å²) in [6.07, 6.45) is 3.74. The smallest absolute Gasteiger partial charge is 0.365 e. The average Bonchev–Trinajstić information content (AvgIpc) is 3.73. The number of primary amides is 1. The van der Waals surface area contributed by atoms with Crippen molar-refractivity contribution >= 4 is 66.4 Å². The molecular weight excluding hydrogens is 736 g/mol. The number of carboxylic acids is 1. The van der Waals surface area contributed by atoms with Gasteiger partial charge in [-0.2, -0.15) is 0 Å². The van der Waals surface area contributed by atoms with Crippen LogP contribution in [0.15, 0.2) is 33.2 Å². The van der Waals surface area contributed by atoms with Gasteiger partial charge in [-0.1, -0.05) is 0 Å². The highest BCUT2D eigenvalue weighted by atomic mass is 79.9. The van der Waals surface area contributed by atoms with Gasteiger partial charge in [0, 0.05) is 59.1 Å². The Morgan fingerprint density at radius 2 is 1.26 bits per heavy atom. The van der Waals surface area contributed by atoms with Crippen LogP contribution in [-0.2, 0) is 17.6 Å². The molecule has 0 aliphatic carbocycles. The Labute approximate surface area is 269 Å². The fourth-order valence-electron chi connectivity index (χ4n) is 4.34. The molecule has 226 valence electrons. The van der Waals surface area contributed by atoms with Gasteiger partial charge in [-0.15, -0.1) is 22.7 Å². The Hall–Kier alpha value is -2.98. The normalized spacial score (nSPS) is 14.4. The van der Waals surface area contributed by atoms with E-state index in [1.54, 1.807) is 12.1 Å². The van der Waals surface area contributed by atoms with Crippen molar-refractivity contribution in [2.75, 3.05) is 26.4 Å². The second-order valence-corrected chi connectivity index (χ2v) is 13.2. The second-order valence-electron chi connectivity index (χ2n) is 9.29. The average molecular weight is 759 g/mol. The van der Waals surface area contributed by atoms with Crippen LogP contribution in [0.5, 0.6) is 11.5 Å². The van der Waals surface area contributed by atoms with Crippen molar-refractivity contribution in [2.24, 2.45) is 5.73 Å². The number of amides is 1. The highest BCUT2D eigenvalue weighted by Gasteiger charge is 2.25. The second kappa shape index (κ2) is 13.8. The van der Waals surface area contributed by atoms with Gasteiger partial charge in [0.25, 0.3) is 5.91 Å². The number of rotatable bonds is 2. The van der Waals surface area contributed by atoms with Crippen molar-refractivity contribution in [3.8, 4) is 34.0 Å². The van der Waals surface area contributed by atoms with Gasteiger partial charge in [0.2, 0.25) is 5.01 Å². The molecule has 0 bridgehead atoms. The van der Waals surface area contributed by atoms with Crippen LogP contribution < -0.4 is 15.2 Å². The molecule has 0 atom stereocenters. The summed E-state index contributed by atoms with van der Waals surface area (Å²) in [6.45, 7) is 2.80. The lowest BCUT2D eigenvalue weighted by atomic mass is 10.1. The van der Waals surface area contributed by atoms with Crippen LogP contribution in [0.4, 0.5) is 8.78 Å². The summed E-state index contributed by atoms with van der Waals surface area (Å²) in [7, 11) is 0. The molecule has 3 aliphatic rings. The van der Waals surface area contributed by atoms with Gasteiger partial charge >= 0.3 is 5.97 Å². The van der Waals surface area contributed by atoms with Crippen LogP contribution in [0.1, 0.15) is 42.2 Å². The minimum atomic E-state index is -1.05. The number of ether oxygens (including phenoxy) is 3. The lowest BCUT2D eigenvalue weighted by Gasteiger charge is -2.07. The summed E-state index contributed by atoms with van der Waals surface area (Å²) >= 11 is 8.64. The first-order valence-corrected chi connectivity index (χ1v) is 16.2. The molecule has 9 nitrogen and oxygen atoms in total. The molecule has 0 saturated carbocycles. The number of thiazole rings is 2. The summed E-state index contributed by atoms with van der Waals surface area (Å²) < 4.78 is 43.6. The number of aromatic nitrogens is 2. The molecule has 3 aliphatic heterocycles. The van der Waals surface area contributed by atoms with E-state index >= 15 is 0 Å². The largest absolute Gasteiger partial charge is 0.492 e. The number of aromatic carboxylic acids is 1. The van der Waals surface area contributed by atoms with Crippen LogP contribution in [0.3, 0.4) is 0 Å². The Morgan fingerprint density at radius 1 is 0.791 bits per heavy atom. The third-order valence-electron chi connectivity index (χ3n) is 6.34. The van der Waals surface area contributed by atoms with E-state index in [9.17, 15) is 18.4 Å². The lowest BCUT2D eigenvalue weighted by Crippen LogP contribution is -2.10. The first kappa shape index (κ1) is 31.4. The van der Waals surface area contributed by atoms with E-state index in [2.05, 4.69) is 41.8 Å². The molecule has 7 rings (SSSR count). The summed E-state index contributed by atoms with van der Waals surface area (Å²) in [6, 6.07) is 5.78. The zero-order valence-corrected chi connectivity index (χ0v) is 27.1. The monoisotopic (exact) mass is 757 g/mol. The molecular formula is C28H23Br2F2N3O6S2. The van der Waals surface area contributed by atoms with Gasteiger partial charge in [0.15, 0.2) is 5.01 Å². The first-order chi connectivity index (χ1) is 20.6. The third kappa shape index (κ3) is 7.23. The molecule has 3 N–H and O–H groups in total. The van der Waals surface area contributed by atoms with Crippen molar-refractivity contribution in [1.29, 1.82) is 0 Å². The summed E-state index contributed by atoms with van der Waals surface area (Å²) in [5, 5.41) is 9.30. The summed E-state index contributed by atoms with van der Waals surface area (Å²) in [5.41, 5.74) is 7.74. The van der Waals surface area contributed by atoms with Crippen molar-refractivity contribution in [3.63, 3.8) is 0 Å². The number of carbonyl (C=O) groups excluding carboxylic acids is 1. The predicted molar refractivity (Wildman–Crippen MR) is 164 cm³/mol. The molecule has 2 aromatic carbocycles. The Balaban J connectivity index is 0.000000147. The summed E-state index contributed by atoms with van der Waals surface area (Å²) in [4.78, 5) is 32.3. The topological polar surface area (TPSA) is 134 Å². The molecule has 0 spiro atoms. The van der Waals surface area contributed by atoms with Gasteiger partial charge in [0.1, 0.15) is 23.1 Å². The van der Waals surface area contributed by atoms with Crippen molar-refractivity contribution < 1.29 is 37.7 Å². The highest BCUT2D eigenvalue weighted by Crippen LogP contribution is 2.41. The fourth-order valence-corrected chi connectivity index (χ4v) is 6.83. The van der Waals surface area contributed by atoms with Gasteiger partial charge in [0.05, 0.1) is 33.5 Å². The minimum Gasteiger partial charge on any atom is -0.492 e. The minimum absolute atomic E-state index is 0.0401. The number of benzene rings is 2. The number of fused-ring (bicyclic) bond motifs is 6. The quantitative estimate of drug-likeness (QED) is 0.226. The Morgan fingerprint density at radius 3 is 1.67 bits per heavy atom. The predicted octanol–water partition coefficient (Wildman–Crippen LogP) is 6.89. The molecule has 1 fully saturated rings. The van der Waals surface area contributed by atoms with E-state index in [-0.39, 0.29) is 10.0 Å². The zero-order chi connectivity index (χ0) is 30.7. The van der Waals surface area contributed by atoms with E-state index in [0.29, 0.717) is 69.0 Å². The highest BCUT2D eigenvalue weighted by molar-refractivity contribution is 9.10. The van der Waals surface area contributed by atoms with Crippen LogP contribution in [0.25, 0.3) is 22.5 Å². The van der Waals surface area contributed by atoms with Gasteiger partial charge in [-0.3, -0.25) is 4.79 Å². The van der Waals surface area contributed by atoms with Crippen molar-refractivity contribution in [1.82, 2.24) is 9.97 Å². The number of halogens is 4. The number of hydrogen-bond donors (Lipinski definition) is 2. The molecule has 2 aromatic heterocycles. The maximum atomic E-state index is 13.5. The standard InChI is InChI=1S/C12H8BrFN2O2S.C12H7BrFNO3S.C4H8O/c13-6-3-5-8(4-7(6)14)18-2-1-9-10(5)16-12(19-9)11(15)17;13-6-3-5-8(4-7(6)14)18-2-1-9-10(5)15-11(19-9)12(16)17;1-2-4-5-3-1/h3-4H,1-2H2,(H2,15,17);3-4H,1-2H2,(H,16,17);1-4H2. The number of carboxylic acid groups (broad SMARTS) is 1. The van der Waals surface area contributed by atoms with Crippen LogP contribution >= 0.6 is 54.5 Å². The van der Waals surface area contributed by atoms with E-state index in [1.165, 1.54) is 36.3 Å². The molecule has 1 amide bonds. The first-order valence-electron chi connectivity index (χ1n) is 13.0. The van der Waals surface area contributed by atoms with E-state index < -0.39 is 23.5 Å². The molecule has 0 unspecified atom stereocenters. The van der Waals surface area contributed by atoms with Crippen molar-refractivity contribution in [2.45, 2.75) is 25.7 Å². The molecule has 5 heterocycles. The van der Waals surface area contributed by atoms with Crippen molar-refractivity contribution in [3.05, 3.63) is 64.6 Å². The van der Waals surface area contributed by atoms with Gasteiger partial charge in [-0.05, 0) is 56.8 Å². The molecule has 1 saturated heterocycles. The Kier molecular flexibility index (Phi) is 10.1. The van der Waals surface area contributed by atoms with Crippen LogP contribution in [0, 0.1) is 11.6 Å². The maximum Gasteiger partial charge on any atom is 0.365 e. The van der Waals surface area contributed by atoms with Gasteiger partial charge in [-0.25, -0.2) is 23.5 Å². The Bertz CT molecular complexity index is 1570.